The Morgan fingerprint density at radius 3 is 2.26 bits per heavy atom. The molecule has 0 saturated carbocycles. The smallest absolute Gasteiger partial charge is 0.130 e. The molecule has 0 heterocycles. The summed E-state index contributed by atoms with van der Waals surface area (Å²) in [5, 5.41) is 0.930. The molecule has 0 aliphatic carbocycles. The molecule has 5 heteroatoms. The molecule has 0 saturated heterocycles. The fourth-order valence-electron chi connectivity index (χ4n) is 1.89. The highest BCUT2D eigenvalue weighted by Gasteiger charge is 2.17. The number of hydrogen-bond acceptors (Lipinski definition) is 1. The van der Waals surface area contributed by atoms with E-state index in [9.17, 15) is 8.78 Å². The van der Waals surface area contributed by atoms with Gasteiger partial charge in [0.2, 0.25) is 0 Å². The molecule has 0 fully saturated rings. The van der Waals surface area contributed by atoms with E-state index in [0.717, 1.165) is 0 Å². The topological polar surface area (TPSA) is 26.0 Å². The molecule has 2 N–H and O–H groups in total. The van der Waals surface area contributed by atoms with Gasteiger partial charge in [0.25, 0.3) is 0 Å². The minimum Gasteiger partial charge on any atom is -0.323 e. The minimum absolute atomic E-state index is 0.131. The van der Waals surface area contributed by atoms with Crippen molar-refractivity contribution in [1.82, 2.24) is 0 Å². The zero-order valence-corrected chi connectivity index (χ0v) is 11.3. The zero-order chi connectivity index (χ0) is 14.0. The van der Waals surface area contributed by atoms with E-state index < -0.39 is 17.7 Å². The SMILES string of the molecule is NC(Cc1ccc(Cl)cc1Cl)c1c(F)cccc1F. The van der Waals surface area contributed by atoms with Crippen molar-refractivity contribution in [2.45, 2.75) is 12.5 Å². The summed E-state index contributed by atoms with van der Waals surface area (Å²) in [6, 6.07) is 7.79. The third-order valence-electron chi connectivity index (χ3n) is 2.83. The van der Waals surface area contributed by atoms with Crippen LogP contribution in [-0.2, 0) is 6.42 Å². The van der Waals surface area contributed by atoms with Gasteiger partial charge in [-0.1, -0.05) is 35.3 Å². The Kier molecular flexibility index (Phi) is 4.40. The van der Waals surface area contributed by atoms with Crippen molar-refractivity contribution in [1.29, 1.82) is 0 Å². The molecule has 0 radical (unpaired) electrons. The van der Waals surface area contributed by atoms with E-state index in [1.807, 2.05) is 0 Å². The molecule has 0 aliphatic heterocycles. The van der Waals surface area contributed by atoms with Gasteiger partial charge in [-0.25, -0.2) is 8.78 Å². The summed E-state index contributed by atoms with van der Waals surface area (Å²) in [5.74, 6) is -1.31. The number of halogens is 4. The summed E-state index contributed by atoms with van der Waals surface area (Å²) in [5.41, 5.74) is 6.43. The number of benzene rings is 2. The normalized spacial score (nSPS) is 12.5. The maximum Gasteiger partial charge on any atom is 0.130 e. The predicted molar refractivity (Wildman–Crippen MR) is 73.5 cm³/mol. The van der Waals surface area contributed by atoms with Crippen molar-refractivity contribution in [2.24, 2.45) is 5.73 Å². The lowest BCUT2D eigenvalue weighted by molar-refractivity contribution is 0.524. The number of rotatable bonds is 3. The van der Waals surface area contributed by atoms with Crippen molar-refractivity contribution in [2.75, 3.05) is 0 Å². The highest BCUT2D eigenvalue weighted by molar-refractivity contribution is 6.35. The number of hydrogen-bond donors (Lipinski definition) is 1. The molecular formula is C14H11Cl2F2N. The van der Waals surface area contributed by atoms with Crippen LogP contribution in [0.25, 0.3) is 0 Å². The van der Waals surface area contributed by atoms with Crippen LogP contribution in [0.3, 0.4) is 0 Å². The van der Waals surface area contributed by atoms with E-state index in [-0.39, 0.29) is 12.0 Å². The largest absolute Gasteiger partial charge is 0.323 e. The van der Waals surface area contributed by atoms with Gasteiger partial charge < -0.3 is 5.73 Å². The first-order valence-electron chi connectivity index (χ1n) is 5.62. The molecule has 2 rings (SSSR count). The minimum atomic E-state index is -0.806. The molecule has 0 spiro atoms. The summed E-state index contributed by atoms with van der Waals surface area (Å²) < 4.78 is 27.2. The van der Waals surface area contributed by atoms with E-state index in [1.54, 1.807) is 18.2 Å². The second kappa shape index (κ2) is 5.87. The first kappa shape index (κ1) is 14.3. The lowest BCUT2D eigenvalue weighted by Crippen LogP contribution is -2.17. The van der Waals surface area contributed by atoms with Crippen molar-refractivity contribution in [3.8, 4) is 0 Å². The molecule has 2 aromatic rings. The molecule has 0 amide bonds. The molecule has 0 bridgehead atoms. The lowest BCUT2D eigenvalue weighted by Gasteiger charge is -2.15. The quantitative estimate of drug-likeness (QED) is 0.886. The van der Waals surface area contributed by atoms with Crippen LogP contribution in [0.5, 0.6) is 0 Å². The molecule has 2 aromatic carbocycles. The third kappa shape index (κ3) is 3.24. The number of nitrogens with two attached hydrogens (primary N) is 1. The Balaban J connectivity index is 2.28. The van der Waals surface area contributed by atoms with Crippen LogP contribution in [0.1, 0.15) is 17.2 Å². The fourth-order valence-corrected chi connectivity index (χ4v) is 2.38. The van der Waals surface area contributed by atoms with E-state index >= 15 is 0 Å². The lowest BCUT2D eigenvalue weighted by atomic mass is 9.99. The van der Waals surface area contributed by atoms with Gasteiger partial charge >= 0.3 is 0 Å². The summed E-state index contributed by atoms with van der Waals surface area (Å²) in [7, 11) is 0. The van der Waals surface area contributed by atoms with Gasteiger partial charge in [0.1, 0.15) is 11.6 Å². The molecule has 19 heavy (non-hydrogen) atoms. The van der Waals surface area contributed by atoms with Gasteiger partial charge in [-0.3, -0.25) is 0 Å². The van der Waals surface area contributed by atoms with Crippen molar-refractivity contribution in [3.63, 3.8) is 0 Å². The third-order valence-corrected chi connectivity index (χ3v) is 3.41. The Morgan fingerprint density at radius 1 is 1.05 bits per heavy atom. The van der Waals surface area contributed by atoms with Crippen molar-refractivity contribution >= 4 is 23.2 Å². The summed E-state index contributed by atoms with van der Waals surface area (Å²) in [6.07, 6.45) is 0.230. The standard InChI is InChI=1S/C14H11Cl2F2N/c15-9-5-4-8(10(16)7-9)6-13(19)14-11(17)2-1-3-12(14)18/h1-5,7,13H,6,19H2. The van der Waals surface area contributed by atoms with Gasteiger partial charge in [-0.15, -0.1) is 0 Å². The zero-order valence-electron chi connectivity index (χ0n) is 9.84. The van der Waals surface area contributed by atoms with Gasteiger partial charge in [0.15, 0.2) is 0 Å². The van der Waals surface area contributed by atoms with Crippen molar-refractivity contribution in [3.05, 3.63) is 69.2 Å². The Morgan fingerprint density at radius 2 is 1.68 bits per heavy atom. The first-order chi connectivity index (χ1) is 8.99. The molecular weight excluding hydrogens is 291 g/mol. The highest BCUT2D eigenvalue weighted by atomic mass is 35.5. The van der Waals surface area contributed by atoms with Crippen LogP contribution < -0.4 is 5.73 Å². The maximum atomic E-state index is 13.6. The Hall–Kier alpha value is -1.16. The molecule has 0 aromatic heterocycles. The van der Waals surface area contributed by atoms with Gasteiger partial charge in [0.05, 0.1) is 0 Å². The summed E-state index contributed by atoms with van der Waals surface area (Å²) >= 11 is 11.8. The Labute approximate surface area is 119 Å². The van der Waals surface area contributed by atoms with Crippen LogP contribution in [0.2, 0.25) is 10.0 Å². The predicted octanol–water partition coefficient (Wildman–Crippen LogP) is 4.51. The highest BCUT2D eigenvalue weighted by Crippen LogP contribution is 2.27. The average molecular weight is 302 g/mol. The van der Waals surface area contributed by atoms with E-state index in [4.69, 9.17) is 28.9 Å². The summed E-state index contributed by atoms with van der Waals surface area (Å²) in [4.78, 5) is 0. The van der Waals surface area contributed by atoms with Crippen LogP contribution in [0.15, 0.2) is 36.4 Å². The Bertz CT molecular complexity index is 582. The van der Waals surface area contributed by atoms with Crippen LogP contribution in [0, 0.1) is 11.6 Å². The molecule has 0 aliphatic rings. The van der Waals surface area contributed by atoms with Gasteiger partial charge in [-0.2, -0.15) is 0 Å². The van der Waals surface area contributed by atoms with Crippen molar-refractivity contribution < 1.29 is 8.78 Å². The van der Waals surface area contributed by atoms with E-state index in [0.29, 0.717) is 15.6 Å². The maximum absolute atomic E-state index is 13.6. The molecule has 1 atom stereocenters. The van der Waals surface area contributed by atoms with Gasteiger partial charge in [0, 0.05) is 21.7 Å². The second-order valence-corrected chi connectivity index (χ2v) is 5.03. The fraction of sp³-hybridized carbons (Fsp3) is 0.143. The van der Waals surface area contributed by atoms with Crippen LogP contribution >= 0.6 is 23.2 Å². The van der Waals surface area contributed by atoms with E-state index in [2.05, 4.69) is 0 Å². The molecule has 1 nitrogen and oxygen atoms in total. The summed E-state index contributed by atoms with van der Waals surface area (Å²) in [6.45, 7) is 0. The van der Waals surface area contributed by atoms with Gasteiger partial charge in [-0.05, 0) is 36.2 Å². The monoisotopic (exact) mass is 301 g/mol. The van der Waals surface area contributed by atoms with E-state index in [1.165, 1.54) is 18.2 Å². The van der Waals surface area contributed by atoms with Crippen LogP contribution in [0.4, 0.5) is 8.78 Å². The molecule has 1 unspecified atom stereocenters. The van der Waals surface area contributed by atoms with Crippen LogP contribution in [-0.4, -0.2) is 0 Å². The second-order valence-electron chi connectivity index (χ2n) is 4.18. The molecule has 100 valence electrons. The average Bonchev–Trinajstić information content (AvgIpc) is 2.32. The first-order valence-corrected chi connectivity index (χ1v) is 6.38.